The van der Waals surface area contributed by atoms with E-state index in [1.54, 1.807) is 0 Å². The lowest BCUT2D eigenvalue weighted by molar-refractivity contribution is 0.487. The molecule has 3 aromatic heterocycles. The number of benzene rings is 11. The number of ether oxygens (including phenoxy) is 1. The van der Waals surface area contributed by atoms with Crippen molar-refractivity contribution in [3.8, 4) is 45.1 Å². The quantitative estimate of drug-likeness (QED) is 0.161. The van der Waals surface area contributed by atoms with Crippen LogP contribution in [0.4, 0.5) is 17.1 Å². The molecule has 0 atom stereocenters. The highest BCUT2D eigenvalue weighted by atomic mass is 16.5. The summed E-state index contributed by atoms with van der Waals surface area (Å²) in [5.74, 6) is 1.13. The highest BCUT2D eigenvalue weighted by Gasteiger charge is 2.45. The van der Waals surface area contributed by atoms with Gasteiger partial charge in [-0.1, -0.05) is 176 Å². The van der Waals surface area contributed by atoms with Crippen LogP contribution in [-0.2, 0) is 0 Å². The van der Waals surface area contributed by atoms with Gasteiger partial charge in [-0.05, 0) is 93.7 Å². The Kier molecular flexibility index (Phi) is 7.23. The summed E-state index contributed by atoms with van der Waals surface area (Å²) in [4.78, 5) is 2.29. The van der Waals surface area contributed by atoms with Crippen LogP contribution in [0.15, 0.2) is 247 Å². The van der Waals surface area contributed by atoms with E-state index in [9.17, 15) is 2.74 Å². The van der Waals surface area contributed by atoms with E-state index in [0.29, 0.717) is 17.1 Å². The molecule has 5 heterocycles. The molecule has 0 spiro atoms. The third-order valence-corrected chi connectivity index (χ3v) is 15.0. The van der Waals surface area contributed by atoms with Gasteiger partial charge in [-0.25, -0.2) is 0 Å². The summed E-state index contributed by atoms with van der Waals surface area (Å²) in [7, 11) is 0. The molecule has 0 unspecified atom stereocenters. The standard InChI is InChI=1S/C66H40BN3O2/c1-3-19-41(20-4-1)43-37-58-64-62(38-43)71-61-39-44(68-53-30-14-8-24-46(53)47-25-9-15-31-54(47)68)35-36-51(61)67(64)65-59(70(58)52-29-13-7-23-45(52)42-21-5-2-6-22-42)40-57(63-50-28-12-18-34-60(50)72-66(63)65)69-55-32-16-10-26-48(55)49-27-11-17-33-56(49)69/h1-40H/i1D,3D,4D,19D,20D. The summed E-state index contributed by atoms with van der Waals surface area (Å²) in [6.45, 7) is -0.476. The molecule has 0 radical (unpaired) electrons. The summed E-state index contributed by atoms with van der Waals surface area (Å²) >= 11 is 0. The first kappa shape index (κ1) is 34.7. The molecule has 11 aromatic carbocycles. The summed E-state index contributed by atoms with van der Waals surface area (Å²) in [5, 5.41) is 6.49. The van der Waals surface area contributed by atoms with Gasteiger partial charge in [-0.2, -0.15) is 0 Å². The molecule has 0 N–H and O–H groups in total. The van der Waals surface area contributed by atoms with Gasteiger partial charge in [-0.3, -0.25) is 0 Å². The fourth-order valence-electron chi connectivity index (χ4n) is 12.1. The van der Waals surface area contributed by atoms with Crippen LogP contribution in [0, 0.1) is 0 Å². The SMILES string of the molecule is [2H]c1c([2H])c([2H])c(-c2cc3c4c(c2)N(c2ccccc2-c2ccccc2)c2cc(-n5c6ccccc6c6ccccc65)c5c(oc6ccccc65)c2B4c2ccc(-n4c5ccccc5c5ccccc54)cc2O3)c([2H])c1[2H]. The van der Waals surface area contributed by atoms with Crippen molar-refractivity contribution in [2.75, 3.05) is 4.90 Å². The molecular weight excluding hydrogens is 878 g/mol. The van der Waals surface area contributed by atoms with Crippen LogP contribution >= 0.6 is 0 Å². The second-order valence-electron chi connectivity index (χ2n) is 18.8. The third-order valence-electron chi connectivity index (χ3n) is 15.0. The summed E-state index contributed by atoms with van der Waals surface area (Å²) < 4.78 is 64.5. The Balaban J connectivity index is 1.08. The Labute approximate surface area is 421 Å². The molecule has 0 amide bonds. The first-order valence-electron chi connectivity index (χ1n) is 26.8. The molecule has 2 aliphatic rings. The monoisotopic (exact) mass is 922 g/mol. The van der Waals surface area contributed by atoms with E-state index in [2.05, 4.69) is 184 Å². The van der Waals surface area contributed by atoms with E-state index in [1.165, 1.54) is 0 Å². The van der Waals surface area contributed by atoms with Crippen molar-refractivity contribution in [1.29, 1.82) is 0 Å². The van der Waals surface area contributed by atoms with Crippen LogP contribution in [0.3, 0.4) is 0 Å². The number of para-hydroxylation sites is 6. The van der Waals surface area contributed by atoms with Gasteiger partial charge in [-0.15, -0.1) is 0 Å². The summed E-state index contributed by atoms with van der Waals surface area (Å²) in [5.41, 5.74) is 15.3. The maximum Gasteiger partial charge on any atom is 0.261 e. The molecule has 72 heavy (non-hydrogen) atoms. The number of anilines is 3. The number of hydrogen-bond donors (Lipinski definition) is 0. The van der Waals surface area contributed by atoms with Gasteiger partial charge in [0.2, 0.25) is 0 Å². The van der Waals surface area contributed by atoms with Crippen molar-refractivity contribution in [3.05, 3.63) is 243 Å². The van der Waals surface area contributed by atoms with E-state index >= 15 is 0 Å². The van der Waals surface area contributed by atoms with Crippen molar-refractivity contribution in [2.24, 2.45) is 0 Å². The zero-order chi connectivity index (χ0) is 51.4. The molecule has 6 heteroatoms. The summed E-state index contributed by atoms with van der Waals surface area (Å²) in [6, 6.07) is 71.8. The highest BCUT2D eigenvalue weighted by Crippen LogP contribution is 2.50. The van der Waals surface area contributed by atoms with Gasteiger partial charge in [0.05, 0.1) is 45.7 Å². The van der Waals surface area contributed by atoms with Gasteiger partial charge < -0.3 is 23.2 Å². The first-order valence-corrected chi connectivity index (χ1v) is 24.3. The maximum atomic E-state index is 9.37. The minimum atomic E-state index is -0.476. The van der Waals surface area contributed by atoms with E-state index in [4.69, 9.17) is 13.3 Å². The Morgan fingerprint density at radius 1 is 0.403 bits per heavy atom. The van der Waals surface area contributed by atoms with Crippen molar-refractivity contribution in [1.82, 2.24) is 9.13 Å². The fraction of sp³-hybridized carbons (Fsp3) is 0. The topological polar surface area (TPSA) is 35.5 Å². The largest absolute Gasteiger partial charge is 0.458 e. The average molecular weight is 923 g/mol. The fourth-order valence-corrected chi connectivity index (χ4v) is 12.1. The molecule has 0 saturated carbocycles. The second kappa shape index (κ2) is 15.0. The van der Waals surface area contributed by atoms with Crippen molar-refractivity contribution in [2.45, 2.75) is 0 Å². The molecule has 16 rings (SSSR count). The number of hydrogen-bond acceptors (Lipinski definition) is 3. The molecule has 334 valence electrons. The minimum absolute atomic E-state index is 0.0841. The van der Waals surface area contributed by atoms with Crippen LogP contribution in [0.1, 0.15) is 6.85 Å². The highest BCUT2D eigenvalue weighted by molar-refractivity contribution is 7.00. The summed E-state index contributed by atoms with van der Waals surface area (Å²) in [6.07, 6.45) is 0. The normalized spacial score (nSPS) is 13.8. The molecule has 0 fully saturated rings. The smallest absolute Gasteiger partial charge is 0.261 e. The van der Waals surface area contributed by atoms with E-state index < -0.39 is 24.8 Å². The van der Waals surface area contributed by atoms with E-state index in [0.717, 1.165) is 122 Å². The predicted molar refractivity (Wildman–Crippen MR) is 299 cm³/mol. The van der Waals surface area contributed by atoms with Gasteiger partial charge in [0.25, 0.3) is 6.71 Å². The molecular formula is C66H40BN3O2. The van der Waals surface area contributed by atoms with Gasteiger partial charge in [0, 0.05) is 55.6 Å². The van der Waals surface area contributed by atoms with Gasteiger partial charge >= 0.3 is 0 Å². The Morgan fingerprint density at radius 3 is 1.68 bits per heavy atom. The number of furan rings is 1. The van der Waals surface area contributed by atoms with E-state index in [1.807, 2.05) is 42.5 Å². The average Bonchev–Trinajstić information content (AvgIpc) is 4.30. The molecule has 0 bridgehead atoms. The second-order valence-corrected chi connectivity index (χ2v) is 18.8. The Hall–Kier alpha value is -9.52. The van der Waals surface area contributed by atoms with Crippen LogP contribution in [-0.4, -0.2) is 15.8 Å². The minimum Gasteiger partial charge on any atom is -0.458 e. The number of nitrogens with zero attached hydrogens (tertiary/aromatic N) is 3. The maximum absolute atomic E-state index is 9.37. The zero-order valence-corrected chi connectivity index (χ0v) is 38.4. The van der Waals surface area contributed by atoms with Gasteiger partial charge in [0.15, 0.2) is 0 Å². The van der Waals surface area contributed by atoms with Crippen molar-refractivity contribution in [3.63, 3.8) is 0 Å². The number of fused-ring (bicyclic) bond motifs is 14. The van der Waals surface area contributed by atoms with Gasteiger partial charge in [0.1, 0.15) is 22.7 Å². The predicted octanol–water partition coefficient (Wildman–Crippen LogP) is 15.5. The number of rotatable bonds is 5. The van der Waals surface area contributed by atoms with Crippen LogP contribution < -0.4 is 26.0 Å². The zero-order valence-electron chi connectivity index (χ0n) is 43.4. The van der Waals surface area contributed by atoms with Crippen molar-refractivity contribution < 1.29 is 16.0 Å². The first-order chi connectivity index (χ1) is 37.8. The lowest BCUT2D eigenvalue weighted by Crippen LogP contribution is -2.59. The number of aromatic nitrogens is 2. The molecule has 0 aliphatic carbocycles. The molecule has 14 aromatic rings. The van der Waals surface area contributed by atoms with Crippen LogP contribution in [0.25, 0.3) is 99.2 Å². The van der Waals surface area contributed by atoms with E-state index in [-0.39, 0.29) is 17.6 Å². The Morgan fingerprint density at radius 2 is 0.986 bits per heavy atom. The van der Waals surface area contributed by atoms with Crippen molar-refractivity contribution >= 4 is 106 Å². The molecule has 0 saturated heterocycles. The molecule has 2 aliphatic heterocycles. The lowest BCUT2D eigenvalue weighted by Gasteiger charge is -2.41. The lowest BCUT2D eigenvalue weighted by atomic mass is 9.34. The van der Waals surface area contributed by atoms with Crippen LogP contribution in [0.2, 0.25) is 0 Å². The van der Waals surface area contributed by atoms with Crippen LogP contribution in [0.5, 0.6) is 11.5 Å². The third kappa shape index (κ3) is 5.49. The Bertz CT molecular complexity index is 4750. The molecule has 5 nitrogen and oxygen atoms in total.